The van der Waals surface area contributed by atoms with Gasteiger partial charge in [0, 0.05) is 12.8 Å². The average molecular weight is 271 g/mol. The molecule has 94 valence electrons. The fraction of sp³-hybridized carbons (Fsp3) is 0.800. The van der Waals surface area contributed by atoms with Crippen LogP contribution in [0.25, 0.3) is 0 Å². The zero-order valence-electron chi connectivity index (χ0n) is 9.05. The summed E-state index contributed by atoms with van der Waals surface area (Å²) in [7, 11) is 0. The third-order valence-corrected chi connectivity index (χ3v) is 2.16. The van der Waals surface area contributed by atoms with Gasteiger partial charge in [0.25, 0.3) is 0 Å². The standard InChI is InChI=1S/C10H16Cl2O4/c11-7-15-9(13)5-3-1-2-4-6-10(14)16-8-12/h1-8H2. The van der Waals surface area contributed by atoms with Crippen LogP contribution < -0.4 is 0 Å². The van der Waals surface area contributed by atoms with E-state index in [1.165, 1.54) is 0 Å². The summed E-state index contributed by atoms with van der Waals surface area (Å²) in [5, 5.41) is 0. The number of rotatable bonds is 9. The van der Waals surface area contributed by atoms with Crippen molar-refractivity contribution in [1.82, 2.24) is 0 Å². The lowest BCUT2D eigenvalue weighted by molar-refractivity contribution is -0.142. The number of hydrogen-bond acceptors (Lipinski definition) is 4. The molecule has 0 saturated heterocycles. The molecule has 0 unspecified atom stereocenters. The molecule has 0 aromatic rings. The molecular formula is C10H16Cl2O4. The fourth-order valence-corrected chi connectivity index (χ4v) is 1.40. The first kappa shape index (κ1) is 15.5. The minimum absolute atomic E-state index is 0.0941. The molecule has 0 saturated carbocycles. The van der Waals surface area contributed by atoms with Crippen molar-refractivity contribution < 1.29 is 19.1 Å². The molecule has 0 aliphatic rings. The molecule has 0 radical (unpaired) electrons. The SMILES string of the molecule is O=C(CCCCCCC(=O)OCCl)OCCl. The van der Waals surface area contributed by atoms with Crippen LogP contribution in [0, 0.1) is 0 Å². The summed E-state index contributed by atoms with van der Waals surface area (Å²) in [6.07, 6.45) is 4.01. The molecule has 4 nitrogen and oxygen atoms in total. The lowest BCUT2D eigenvalue weighted by Crippen LogP contribution is -2.03. The summed E-state index contributed by atoms with van der Waals surface area (Å²) >= 11 is 10.4. The van der Waals surface area contributed by atoms with E-state index in [2.05, 4.69) is 9.47 Å². The number of esters is 2. The first-order chi connectivity index (χ1) is 7.70. The third kappa shape index (κ3) is 10.1. The van der Waals surface area contributed by atoms with Crippen molar-refractivity contribution in [3.8, 4) is 0 Å². The highest BCUT2D eigenvalue weighted by molar-refractivity contribution is 6.17. The lowest BCUT2D eigenvalue weighted by atomic mass is 10.1. The maximum absolute atomic E-state index is 10.9. The van der Waals surface area contributed by atoms with Gasteiger partial charge in [-0.3, -0.25) is 9.59 Å². The van der Waals surface area contributed by atoms with Crippen LogP contribution in [-0.4, -0.2) is 24.1 Å². The number of ether oxygens (including phenoxy) is 2. The van der Waals surface area contributed by atoms with Crippen molar-refractivity contribution >= 4 is 35.1 Å². The smallest absolute Gasteiger partial charge is 0.306 e. The Morgan fingerprint density at radius 3 is 1.44 bits per heavy atom. The second-order valence-corrected chi connectivity index (χ2v) is 3.60. The molecule has 0 aromatic carbocycles. The number of hydrogen-bond donors (Lipinski definition) is 0. The molecule has 0 rings (SSSR count). The van der Waals surface area contributed by atoms with Crippen molar-refractivity contribution in [3.63, 3.8) is 0 Å². The fourth-order valence-electron chi connectivity index (χ4n) is 1.16. The predicted molar refractivity (Wildman–Crippen MR) is 61.3 cm³/mol. The van der Waals surface area contributed by atoms with Crippen molar-refractivity contribution in [2.75, 3.05) is 12.1 Å². The van der Waals surface area contributed by atoms with Crippen molar-refractivity contribution in [3.05, 3.63) is 0 Å². The van der Waals surface area contributed by atoms with Crippen LogP contribution >= 0.6 is 23.2 Å². The Morgan fingerprint density at radius 1 is 0.750 bits per heavy atom. The van der Waals surface area contributed by atoms with Crippen LogP contribution in [0.1, 0.15) is 38.5 Å². The minimum atomic E-state index is -0.281. The van der Waals surface area contributed by atoms with Gasteiger partial charge in [0.05, 0.1) is 0 Å². The van der Waals surface area contributed by atoms with Crippen LogP contribution in [0.4, 0.5) is 0 Å². The predicted octanol–water partition coefficient (Wildman–Crippen LogP) is 2.81. The number of carbonyl (C=O) groups excluding carboxylic acids is 2. The summed E-state index contributed by atoms with van der Waals surface area (Å²) in [6, 6.07) is -0.188. The van der Waals surface area contributed by atoms with E-state index in [1.54, 1.807) is 0 Å². The Morgan fingerprint density at radius 2 is 1.12 bits per heavy atom. The van der Waals surface area contributed by atoms with E-state index in [0.29, 0.717) is 12.8 Å². The molecule has 0 atom stereocenters. The molecular weight excluding hydrogens is 255 g/mol. The Kier molecular flexibility index (Phi) is 10.7. The molecule has 0 amide bonds. The highest BCUT2D eigenvalue weighted by Gasteiger charge is 2.03. The van der Waals surface area contributed by atoms with Gasteiger partial charge >= 0.3 is 11.9 Å². The number of alkyl halides is 2. The normalized spacial score (nSPS) is 9.88. The van der Waals surface area contributed by atoms with Crippen molar-refractivity contribution in [2.24, 2.45) is 0 Å². The zero-order chi connectivity index (χ0) is 12.2. The number of carbonyl (C=O) groups is 2. The molecule has 0 aliphatic carbocycles. The second kappa shape index (κ2) is 11.0. The Balaban J connectivity index is 3.21. The zero-order valence-corrected chi connectivity index (χ0v) is 10.6. The van der Waals surface area contributed by atoms with Gasteiger partial charge in [-0.05, 0) is 12.8 Å². The summed E-state index contributed by atoms with van der Waals surface area (Å²) in [5.74, 6) is -0.562. The number of halogens is 2. The highest BCUT2D eigenvalue weighted by Crippen LogP contribution is 2.07. The third-order valence-electron chi connectivity index (χ3n) is 1.94. The maximum Gasteiger partial charge on any atom is 0.306 e. The van der Waals surface area contributed by atoms with Crippen LogP contribution in [-0.2, 0) is 19.1 Å². The van der Waals surface area contributed by atoms with Crippen LogP contribution in [0.3, 0.4) is 0 Å². The lowest BCUT2D eigenvalue weighted by Gasteiger charge is -2.02. The Bertz CT molecular complexity index is 187. The van der Waals surface area contributed by atoms with Gasteiger partial charge in [0.2, 0.25) is 0 Å². The van der Waals surface area contributed by atoms with E-state index in [4.69, 9.17) is 23.2 Å². The second-order valence-electron chi connectivity index (χ2n) is 3.17. The van der Waals surface area contributed by atoms with Gasteiger partial charge in [-0.15, -0.1) is 0 Å². The maximum atomic E-state index is 10.9. The summed E-state index contributed by atoms with van der Waals surface area (Å²) in [5.41, 5.74) is 0. The van der Waals surface area contributed by atoms with E-state index in [0.717, 1.165) is 25.7 Å². The van der Waals surface area contributed by atoms with Crippen LogP contribution in [0.15, 0.2) is 0 Å². The van der Waals surface area contributed by atoms with Gasteiger partial charge < -0.3 is 9.47 Å². The summed E-state index contributed by atoms with van der Waals surface area (Å²) in [4.78, 5) is 21.7. The molecule has 0 spiro atoms. The van der Waals surface area contributed by atoms with Crippen LogP contribution in [0.2, 0.25) is 0 Å². The van der Waals surface area contributed by atoms with Gasteiger partial charge in [-0.25, -0.2) is 0 Å². The summed E-state index contributed by atoms with van der Waals surface area (Å²) < 4.78 is 9.11. The van der Waals surface area contributed by atoms with Gasteiger partial charge in [0.15, 0.2) is 12.1 Å². The Hall–Kier alpha value is -0.480. The highest BCUT2D eigenvalue weighted by atomic mass is 35.5. The first-order valence-corrected chi connectivity index (χ1v) is 6.20. The van der Waals surface area contributed by atoms with Gasteiger partial charge in [-0.2, -0.15) is 0 Å². The average Bonchev–Trinajstić information content (AvgIpc) is 2.24. The first-order valence-electron chi connectivity index (χ1n) is 5.14. The molecule has 0 aromatic heterocycles. The van der Waals surface area contributed by atoms with E-state index in [9.17, 15) is 9.59 Å². The molecule has 6 heteroatoms. The monoisotopic (exact) mass is 270 g/mol. The van der Waals surface area contributed by atoms with Gasteiger partial charge in [0.1, 0.15) is 0 Å². The molecule has 0 N–H and O–H groups in total. The van der Waals surface area contributed by atoms with E-state index >= 15 is 0 Å². The molecule has 0 heterocycles. The molecule has 0 bridgehead atoms. The Labute approximate surface area is 105 Å². The van der Waals surface area contributed by atoms with E-state index in [1.807, 2.05) is 0 Å². The number of unbranched alkanes of at least 4 members (excludes halogenated alkanes) is 3. The summed E-state index contributed by atoms with van der Waals surface area (Å²) in [6.45, 7) is 0. The molecule has 0 aliphatic heterocycles. The van der Waals surface area contributed by atoms with E-state index in [-0.39, 0.29) is 24.1 Å². The van der Waals surface area contributed by atoms with Gasteiger partial charge in [-0.1, -0.05) is 36.0 Å². The van der Waals surface area contributed by atoms with Crippen LogP contribution in [0.5, 0.6) is 0 Å². The quantitative estimate of drug-likeness (QED) is 0.367. The molecule has 0 fully saturated rings. The minimum Gasteiger partial charge on any atom is -0.449 e. The topological polar surface area (TPSA) is 52.6 Å². The van der Waals surface area contributed by atoms with Crippen molar-refractivity contribution in [2.45, 2.75) is 38.5 Å². The molecule has 16 heavy (non-hydrogen) atoms. The van der Waals surface area contributed by atoms with E-state index < -0.39 is 0 Å². The largest absolute Gasteiger partial charge is 0.449 e. The van der Waals surface area contributed by atoms with Crippen molar-refractivity contribution in [1.29, 1.82) is 0 Å².